The molecule has 128 valence electrons. The maximum atomic E-state index is 11.3. The van der Waals surface area contributed by atoms with Crippen LogP contribution in [0.2, 0.25) is 0 Å². The second-order valence-electron chi connectivity index (χ2n) is 4.61. The van der Waals surface area contributed by atoms with Gasteiger partial charge in [-0.15, -0.1) is 0 Å². The van der Waals surface area contributed by atoms with E-state index in [-0.39, 0.29) is 11.1 Å². The Bertz CT molecular complexity index is 944. The van der Waals surface area contributed by atoms with Gasteiger partial charge in [-0.3, -0.25) is 0 Å². The zero-order valence-electron chi connectivity index (χ0n) is 11.6. The van der Waals surface area contributed by atoms with Crippen LogP contribution in [0.25, 0.3) is 12.2 Å². The fourth-order valence-electron chi connectivity index (χ4n) is 1.90. The van der Waals surface area contributed by atoms with Gasteiger partial charge in [0.25, 0.3) is 0 Å². The van der Waals surface area contributed by atoms with E-state index in [4.69, 9.17) is 0 Å². The summed E-state index contributed by atoms with van der Waals surface area (Å²) in [7, 11) is -9.39. The van der Waals surface area contributed by atoms with Gasteiger partial charge >= 0.3 is 0 Å². The minimum atomic E-state index is -4.69. The second kappa shape index (κ2) is 7.37. The number of rotatable bonds is 4. The molecule has 0 amide bonds. The van der Waals surface area contributed by atoms with Crippen molar-refractivity contribution in [3.63, 3.8) is 0 Å². The van der Waals surface area contributed by atoms with Crippen molar-refractivity contribution in [3.8, 4) is 0 Å². The van der Waals surface area contributed by atoms with Crippen molar-refractivity contribution in [2.45, 2.75) is 9.79 Å². The maximum Gasteiger partial charge on any atom is 0.125 e. The normalized spacial score (nSPS) is 12.7. The van der Waals surface area contributed by atoms with Gasteiger partial charge in [-0.2, -0.15) is 0 Å². The van der Waals surface area contributed by atoms with Crippen molar-refractivity contribution < 1.29 is 25.9 Å². The average molecular weight is 590 g/mol. The molecule has 0 atom stereocenters. The molecule has 6 nitrogen and oxygen atoms in total. The summed E-state index contributed by atoms with van der Waals surface area (Å²) in [4.78, 5) is -0.828. The molecular formula is C14H8I2O6S2-2. The summed E-state index contributed by atoms with van der Waals surface area (Å²) in [5.74, 6) is 0. The highest BCUT2D eigenvalue weighted by atomic mass is 127. The van der Waals surface area contributed by atoms with Crippen LogP contribution in [0.15, 0.2) is 46.2 Å². The summed E-state index contributed by atoms with van der Waals surface area (Å²) < 4.78 is 69.2. The molecule has 0 bridgehead atoms. The summed E-state index contributed by atoms with van der Waals surface area (Å²) in [6.07, 6.45) is 2.58. The summed E-state index contributed by atoms with van der Waals surface area (Å²) in [5.41, 5.74) is 0.219. The van der Waals surface area contributed by atoms with Gasteiger partial charge in [0.05, 0.1) is 9.79 Å². The smallest absolute Gasteiger partial charge is 0.125 e. The Kier molecular flexibility index (Phi) is 6.08. The van der Waals surface area contributed by atoms with Crippen molar-refractivity contribution in [3.05, 3.63) is 54.7 Å². The highest BCUT2D eigenvalue weighted by Crippen LogP contribution is 2.24. The van der Waals surface area contributed by atoms with E-state index in [2.05, 4.69) is 0 Å². The first-order valence-corrected chi connectivity index (χ1v) is 11.1. The molecule has 0 aliphatic heterocycles. The highest BCUT2D eigenvalue weighted by Gasteiger charge is 2.10. The molecule has 0 radical (unpaired) electrons. The van der Waals surface area contributed by atoms with Gasteiger partial charge in [0.2, 0.25) is 0 Å². The molecule has 10 heteroatoms. The van der Waals surface area contributed by atoms with E-state index in [1.54, 1.807) is 12.1 Å². The largest absolute Gasteiger partial charge is 0.744 e. The zero-order chi connectivity index (χ0) is 18.1. The second-order valence-corrected chi connectivity index (χ2v) is 9.79. The predicted molar refractivity (Wildman–Crippen MR) is 103 cm³/mol. The van der Waals surface area contributed by atoms with E-state index in [1.807, 2.05) is 45.2 Å². The van der Waals surface area contributed by atoms with Gasteiger partial charge in [0.1, 0.15) is 20.2 Å². The van der Waals surface area contributed by atoms with Gasteiger partial charge in [-0.25, -0.2) is 16.8 Å². The van der Waals surface area contributed by atoms with Gasteiger partial charge in [-0.05, 0) is 80.6 Å². The lowest BCUT2D eigenvalue weighted by molar-refractivity contribution is 0.460. The molecule has 0 aromatic heterocycles. The summed E-state index contributed by atoms with van der Waals surface area (Å²) >= 11 is 3.75. The van der Waals surface area contributed by atoms with Crippen LogP contribution in [0.3, 0.4) is 0 Å². The minimum absolute atomic E-state index is 0.109. The molecule has 0 aliphatic rings. The molecule has 0 unspecified atom stereocenters. The Morgan fingerprint density at radius 3 is 1.33 bits per heavy atom. The van der Waals surface area contributed by atoms with E-state index < -0.39 is 30.0 Å². The fraction of sp³-hybridized carbons (Fsp3) is 0. The quantitative estimate of drug-likeness (QED) is 0.308. The number of hydrogen-bond donors (Lipinski definition) is 0. The average Bonchev–Trinajstić information content (AvgIpc) is 2.45. The van der Waals surface area contributed by atoms with Crippen molar-refractivity contribution >= 4 is 77.6 Å². The molecule has 2 aromatic carbocycles. The summed E-state index contributed by atoms with van der Waals surface area (Å²) in [6, 6.07) is 8.52. The Hall–Kier alpha value is -0.540. The van der Waals surface area contributed by atoms with Gasteiger partial charge in [0, 0.05) is 7.14 Å². The molecular weight excluding hydrogens is 582 g/mol. The SMILES string of the molecule is O=S(=O)([O-])c1cc(I)ccc1/C=C/c1ccc(I)cc1S(=O)(=O)[O-]. The van der Waals surface area contributed by atoms with Crippen LogP contribution in [0, 0.1) is 7.14 Å². The lowest BCUT2D eigenvalue weighted by atomic mass is 10.1. The fourth-order valence-corrected chi connectivity index (χ4v) is 4.70. The van der Waals surface area contributed by atoms with E-state index in [0.717, 1.165) is 0 Å². The Morgan fingerprint density at radius 1 is 0.708 bits per heavy atom. The van der Waals surface area contributed by atoms with Crippen molar-refractivity contribution in [1.82, 2.24) is 0 Å². The number of benzene rings is 2. The van der Waals surface area contributed by atoms with E-state index in [0.29, 0.717) is 7.14 Å². The number of hydrogen-bond acceptors (Lipinski definition) is 6. The lowest BCUT2D eigenvalue weighted by Gasteiger charge is -2.12. The van der Waals surface area contributed by atoms with Crippen LogP contribution in [0.4, 0.5) is 0 Å². The molecule has 2 aromatic rings. The molecule has 0 saturated carbocycles. The molecule has 2 rings (SSSR count). The van der Waals surface area contributed by atoms with E-state index >= 15 is 0 Å². The van der Waals surface area contributed by atoms with Gasteiger partial charge in [-0.1, -0.05) is 24.3 Å². The third-order valence-corrected chi connectivity index (χ3v) is 6.06. The summed E-state index contributed by atoms with van der Waals surface area (Å²) in [5, 5.41) is 0. The van der Waals surface area contributed by atoms with Crippen molar-refractivity contribution in [2.24, 2.45) is 0 Å². The molecule has 0 N–H and O–H groups in total. The topological polar surface area (TPSA) is 114 Å². The third kappa shape index (κ3) is 4.98. The van der Waals surface area contributed by atoms with Crippen molar-refractivity contribution in [2.75, 3.05) is 0 Å². The summed E-state index contributed by atoms with van der Waals surface area (Å²) in [6.45, 7) is 0. The molecule has 0 aliphatic carbocycles. The van der Waals surface area contributed by atoms with Crippen LogP contribution >= 0.6 is 45.2 Å². The monoisotopic (exact) mass is 590 g/mol. The standard InChI is InChI=1S/C14H10I2O6S2/c15-11-5-3-9(13(7-11)23(17,18)19)1-2-10-4-6-12(16)8-14(10)24(20,21)22/h1-8H,(H,17,18,19)(H,20,21,22)/p-2/b2-1+. The minimum Gasteiger partial charge on any atom is -0.744 e. The van der Waals surface area contributed by atoms with Gasteiger partial charge < -0.3 is 9.11 Å². The zero-order valence-corrected chi connectivity index (χ0v) is 17.6. The van der Waals surface area contributed by atoms with Crippen LogP contribution < -0.4 is 0 Å². The molecule has 24 heavy (non-hydrogen) atoms. The molecule has 0 fully saturated rings. The number of halogens is 2. The lowest BCUT2D eigenvalue weighted by Crippen LogP contribution is -2.03. The van der Waals surface area contributed by atoms with E-state index in [9.17, 15) is 25.9 Å². The Balaban J connectivity index is 2.59. The van der Waals surface area contributed by atoms with Gasteiger partial charge in [0.15, 0.2) is 0 Å². The molecule has 0 saturated heterocycles. The maximum absolute atomic E-state index is 11.3. The highest BCUT2D eigenvalue weighted by molar-refractivity contribution is 14.1. The van der Waals surface area contributed by atoms with Crippen LogP contribution in [-0.4, -0.2) is 25.9 Å². The first kappa shape index (κ1) is 19.8. The van der Waals surface area contributed by atoms with Crippen molar-refractivity contribution in [1.29, 1.82) is 0 Å². The van der Waals surface area contributed by atoms with Crippen LogP contribution in [0.5, 0.6) is 0 Å². The van der Waals surface area contributed by atoms with Crippen LogP contribution in [-0.2, 0) is 20.2 Å². The first-order chi connectivity index (χ1) is 11.0. The third-order valence-electron chi connectivity index (χ3n) is 2.93. The van der Waals surface area contributed by atoms with E-state index in [1.165, 1.54) is 36.4 Å². The first-order valence-electron chi connectivity index (χ1n) is 6.17. The van der Waals surface area contributed by atoms with Crippen LogP contribution in [0.1, 0.15) is 11.1 Å². The predicted octanol–water partition coefficient (Wildman–Crippen LogP) is 2.87. The molecule has 0 heterocycles. The Labute approximate surface area is 166 Å². The molecule has 0 spiro atoms. The Morgan fingerprint density at radius 2 is 1.04 bits per heavy atom.